The van der Waals surface area contributed by atoms with Crippen LogP contribution in [0, 0.1) is 5.82 Å². The number of likely N-dealkylation sites (tertiary alicyclic amines) is 1. The summed E-state index contributed by atoms with van der Waals surface area (Å²) in [5, 5.41) is 3.28. The van der Waals surface area contributed by atoms with Crippen molar-refractivity contribution in [1.82, 2.24) is 14.9 Å². The Hall–Kier alpha value is -1.43. The minimum absolute atomic E-state index is 0.0296. The zero-order valence-corrected chi connectivity index (χ0v) is 13.2. The predicted molar refractivity (Wildman–Crippen MR) is 81.2 cm³/mol. The molecule has 2 heterocycles. The topological polar surface area (TPSA) is 50.3 Å². The van der Waals surface area contributed by atoms with Gasteiger partial charge in [-0.05, 0) is 39.8 Å². The molecule has 0 spiro atoms. The molecule has 2 rings (SSSR count). The lowest BCUT2D eigenvalue weighted by atomic mass is 10.1. The van der Waals surface area contributed by atoms with Gasteiger partial charge in [0.1, 0.15) is 0 Å². The second-order valence-electron chi connectivity index (χ2n) is 6.25. The second kappa shape index (κ2) is 7.02. The number of nitrogens with one attached hydrogen (secondary N) is 1. The summed E-state index contributed by atoms with van der Waals surface area (Å²) in [6, 6.07) is 0. The Labute approximate surface area is 125 Å². The standard InChI is InChI=1S/C15H25FN4O/c1-15(2,11-20-8-6-4-5-7-9-20)19-14-17-10-12(16)13(18-14)21-3/h10H,4-9,11H2,1-3H3,(H,17,18,19). The third kappa shape index (κ3) is 4.81. The molecule has 1 aliphatic rings. The fourth-order valence-electron chi connectivity index (χ4n) is 2.75. The summed E-state index contributed by atoms with van der Waals surface area (Å²) in [7, 11) is 1.40. The van der Waals surface area contributed by atoms with E-state index in [1.54, 1.807) is 0 Å². The fourth-order valence-corrected chi connectivity index (χ4v) is 2.75. The highest BCUT2D eigenvalue weighted by Crippen LogP contribution is 2.19. The van der Waals surface area contributed by atoms with E-state index in [0.29, 0.717) is 5.95 Å². The number of nitrogens with zero attached hydrogens (tertiary/aromatic N) is 3. The Balaban J connectivity index is 1.99. The average molecular weight is 296 g/mol. The molecule has 1 N–H and O–H groups in total. The van der Waals surface area contributed by atoms with Gasteiger partial charge in [0, 0.05) is 12.1 Å². The van der Waals surface area contributed by atoms with Crippen LogP contribution < -0.4 is 10.1 Å². The van der Waals surface area contributed by atoms with Gasteiger partial charge in [-0.3, -0.25) is 0 Å². The van der Waals surface area contributed by atoms with Gasteiger partial charge in [-0.2, -0.15) is 9.37 Å². The molecule has 0 bridgehead atoms. The molecule has 0 atom stereocenters. The highest BCUT2D eigenvalue weighted by atomic mass is 19.1. The van der Waals surface area contributed by atoms with Crippen LogP contribution in [0.1, 0.15) is 39.5 Å². The number of ether oxygens (including phenoxy) is 1. The van der Waals surface area contributed by atoms with Crippen LogP contribution in [-0.4, -0.2) is 47.2 Å². The van der Waals surface area contributed by atoms with Crippen molar-refractivity contribution in [3.63, 3.8) is 0 Å². The SMILES string of the molecule is COc1nc(NC(C)(C)CN2CCCCCC2)ncc1F. The summed E-state index contributed by atoms with van der Waals surface area (Å²) in [6.45, 7) is 7.40. The van der Waals surface area contributed by atoms with Crippen molar-refractivity contribution >= 4 is 5.95 Å². The molecule has 5 nitrogen and oxygen atoms in total. The van der Waals surface area contributed by atoms with Gasteiger partial charge in [0.05, 0.1) is 13.3 Å². The first-order chi connectivity index (χ1) is 10.00. The van der Waals surface area contributed by atoms with E-state index in [4.69, 9.17) is 4.74 Å². The normalized spacial score (nSPS) is 17.3. The first-order valence-corrected chi connectivity index (χ1v) is 7.57. The van der Waals surface area contributed by atoms with Crippen molar-refractivity contribution in [2.24, 2.45) is 0 Å². The smallest absolute Gasteiger partial charge is 0.255 e. The molecule has 21 heavy (non-hydrogen) atoms. The molecule has 1 saturated heterocycles. The fraction of sp³-hybridized carbons (Fsp3) is 0.733. The van der Waals surface area contributed by atoms with Crippen molar-refractivity contribution in [3.05, 3.63) is 12.0 Å². The number of anilines is 1. The Morgan fingerprint density at radius 3 is 2.57 bits per heavy atom. The molecular weight excluding hydrogens is 271 g/mol. The lowest BCUT2D eigenvalue weighted by Crippen LogP contribution is -2.45. The molecule has 0 amide bonds. The molecule has 0 unspecified atom stereocenters. The summed E-state index contributed by atoms with van der Waals surface area (Å²) < 4.78 is 18.2. The summed E-state index contributed by atoms with van der Waals surface area (Å²) >= 11 is 0. The van der Waals surface area contributed by atoms with Crippen molar-refractivity contribution < 1.29 is 9.13 Å². The van der Waals surface area contributed by atoms with Crippen LogP contribution in [0.3, 0.4) is 0 Å². The first-order valence-electron chi connectivity index (χ1n) is 7.57. The van der Waals surface area contributed by atoms with Crippen LogP contribution in [0.2, 0.25) is 0 Å². The van der Waals surface area contributed by atoms with E-state index in [2.05, 4.69) is 34.0 Å². The number of hydrogen-bond acceptors (Lipinski definition) is 5. The Morgan fingerprint density at radius 1 is 1.29 bits per heavy atom. The van der Waals surface area contributed by atoms with Gasteiger partial charge in [0.2, 0.25) is 11.8 Å². The van der Waals surface area contributed by atoms with Crippen molar-refractivity contribution in [1.29, 1.82) is 0 Å². The molecule has 0 aromatic carbocycles. The van der Waals surface area contributed by atoms with Crippen LogP contribution in [-0.2, 0) is 0 Å². The second-order valence-corrected chi connectivity index (χ2v) is 6.25. The minimum atomic E-state index is -0.548. The number of halogens is 1. The van der Waals surface area contributed by atoms with Gasteiger partial charge in [-0.1, -0.05) is 12.8 Å². The van der Waals surface area contributed by atoms with E-state index in [1.165, 1.54) is 32.8 Å². The van der Waals surface area contributed by atoms with Gasteiger partial charge >= 0.3 is 0 Å². The van der Waals surface area contributed by atoms with Crippen molar-refractivity contribution in [3.8, 4) is 5.88 Å². The van der Waals surface area contributed by atoms with E-state index in [-0.39, 0.29) is 11.4 Å². The van der Waals surface area contributed by atoms with Gasteiger partial charge in [-0.25, -0.2) is 4.98 Å². The van der Waals surface area contributed by atoms with Crippen LogP contribution >= 0.6 is 0 Å². The zero-order valence-electron chi connectivity index (χ0n) is 13.2. The molecule has 1 fully saturated rings. The quantitative estimate of drug-likeness (QED) is 0.905. The molecule has 1 aliphatic heterocycles. The number of rotatable bonds is 5. The highest BCUT2D eigenvalue weighted by Gasteiger charge is 2.23. The third-order valence-electron chi connectivity index (χ3n) is 3.67. The van der Waals surface area contributed by atoms with E-state index >= 15 is 0 Å². The maximum absolute atomic E-state index is 13.3. The number of methoxy groups -OCH3 is 1. The lowest BCUT2D eigenvalue weighted by molar-refractivity contribution is 0.242. The predicted octanol–water partition coefficient (Wildman–Crippen LogP) is 2.69. The monoisotopic (exact) mass is 296 g/mol. The Kier molecular flexibility index (Phi) is 5.33. The van der Waals surface area contributed by atoms with Crippen molar-refractivity contribution in [2.45, 2.75) is 45.1 Å². The van der Waals surface area contributed by atoms with Crippen LogP contribution in [0.5, 0.6) is 5.88 Å². The molecule has 0 radical (unpaired) electrons. The maximum Gasteiger partial charge on any atom is 0.255 e. The van der Waals surface area contributed by atoms with Gasteiger partial charge in [0.15, 0.2) is 0 Å². The summed E-state index contributed by atoms with van der Waals surface area (Å²) in [5.74, 6) is -0.181. The summed E-state index contributed by atoms with van der Waals surface area (Å²) in [4.78, 5) is 10.5. The van der Waals surface area contributed by atoms with Gasteiger partial charge in [-0.15, -0.1) is 0 Å². The third-order valence-corrected chi connectivity index (χ3v) is 3.67. The first kappa shape index (κ1) is 15.9. The average Bonchev–Trinajstić information content (AvgIpc) is 2.68. The molecule has 0 saturated carbocycles. The van der Waals surface area contributed by atoms with Crippen molar-refractivity contribution in [2.75, 3.05) is 32.1 Å². The van der Waals surface area contributed by atoms with E-state index in [0.717, 1.165) is 25.8 Å². The minimum Gasteiger partial charge on any atom is -0.479 e. The van der Waals surface area contributed by atoms with E-state index in [1.807, 2.05) is 0 Å². The number of hydrogen-bond donors (Lipinski definition) is 1. The lowest BCUT2D eigenvalue weighted by Gasteiger charge is -2.32. The molecule has 118 valence electrons. The van der Waals surface area contributed by atoms with E-state index in [9.17, 15) is 4.39 Å². The Morgan fingerprint density at radius 2 is 1.95 bits per heavy atom. The van der Waals surface area contributed by atoms with Crippen LogP contribution in [0.4, 0.5) is 10.3 Å². The molecule has 0 aliphatic carbocycles. The van der Waals surface area contributed by atoms with Gasteiger partial charge < -0.3 is 15.0 Å². The molecule has 1 aromatic rings. The van der Waals surface area contributed by atoms with E-state index < -0.39 is 5.82 Å². The summed E-state index contributed by atoms with van der Waals surface area (Å²) in [5.41, 5.74) is -0.187. The molecular formula is C15H25FN4O. The van der Waals surface area contributed by atoms with Crippen LogP contribution in [0.25, 0.3) is 0 Å². The number of aromatic nitrogens is 2. The highest BCUT2D eigenvalue weighted by molar-refractivity contribution is 5.31. The zero-order chi connectivity index (χ0) is 15.3. The van der Waals surface area contributed by atoms with Gasteiger partial charge in [0.25, 0.3) is 5.88 Å². The Bertz CT molecular complexity index is 459. The van der Waals surface area contributed by atoms with Crippen LogP contribution in [0.15, 0.2) is 6.20 Å². The molecule has 6 heteroatoms. The largest absolute Gasteiger partial charge is 0.479 e. The molecule has 1 aromatic heterocycles. The summed E-state index contributed by atoms with van der Waals surface area (Å²) in [6.07, 6.45) is 6.30. The maximum atomic E-state index is 13.3.